The van der Waals surface area contributed by atoms with Gasteiger partial charge in [-0.05, 0) is 26.8 Å². The first-order valence-corrected chi connectivity index (χ1v) is 7.82. The van der Waals surface area contributed by atoms with Gasteiger partial charge in [-0.1, -0.05) is 13.0 Å². The molecule has 8 heteroatoms. The van der Waals surface area contributed by atoms with Gasteiger partial charge in [-0.2, -0.15) is 0 Å². The second kappa shape index (κ2) is 8.48. The highest BCUT2D eigenvalue weighted by Gasteiger charge is 2.22. The van der Waals surface area contributed by atoms with Gasteiger partial charge in [-0.15, -0.1) is 6.58 Å². The van der Waals surface area contributed by atoms with Crippen LogP contribution in [0.2, 0.25) is 0 Å². The Labute approximate surface area is 146 Å². The highest BCUT2D eigenvalue weighted by Crippen LogP contribution is 2.31. The van der Waals surface area contributed by atoms with Crippen LogP contribution >= 0.6 is 0 Å². The number of nitro groups is 1. The highest BCUT2D eigenvalue weighted by atomic mass is 16.6. The molecule has 0 saturated carbocycles. The summed E-state index contributed by atoms with van der Waals surface area (Å²) in [7, 11) is 0. The topological polar surface area (TPSA) is 111 Å². The SMILES string of the molecule is C=CC(O)c1ccc([N+](=O)[O-])cc1OC(CC)NC(=O)OC(C)(C)C. The molecule has 0 aromatic heterocycles. The molecule has 138 valence electrons. The Morgan fingerprint density at radius 2 is 2.12 bits per heavy atom. The number of hydrogen-bond donors (Lipinski definition) is 2. The van der Waals surface area contributed by atoms with Crippen LogP contribution < -0.4 is 10.1 Å². The van der Waals surface area contributed by atoms with Crippen LogP contribution in [0.25, 0.3) is 0 Å². The number of benzene rings is 1. The van der Waals surface area contributed by atoms with Gasteiger partial charge in [0.1, 0.15) is 17.5 Å². The molecule has 0 spiro atoms. The van der Waals surface area contributed by atoms with Crippen molar-refractivity contribution in [1.29, 1.82) is 0 Å². The first-order chi connectivity index (χ1) is 11.6. The Kier molecular flexibility index (Phi) is 6.93. The number of alkyl carbamates (subject to hydrolysis) is 1. The third kappa shape index (κ3) is 6.42. The van der Waals surface area contributed by atoms with Gasteiger partial charge in [0.15, 0.2) is 6.23 Å². The minimum Gasteiger partial charge on any atom is -0.470 e. The van der Waals surface area contributed by atoms with E-state index >= 15 is 0 Å². The molecule has 0 radical (unpaired) electrons. The molecule has 2 N–H and O–H groups in total. The summed E-state index contributed by atoms with van der Waals surface area (Å²) < 4.78 is 10.8. The van der Waals surface area contributed by atoms with Gasteiger partial charge in [-0.3, -0.25) is 15.4 Å². The van der Waals surface area contributed by atoms with E-state index in [1.807, 2.05) is 0 Å². The van der Waals surface area contributed by atoms with Crippen LogP contribution in [-0.4, -0.2) is 28.0 Å². The number of nitro benzene ring substituents is 1. The number of rotatable bonds is 7. The van der Waals surface area contributed by atoms with Crippen LogP contribution in [0.1, 0.15) is 45.8 Å². The summed E-state index contributed by atoms with van der Waals surface area (Å²) in [5.41, 5.74) is -0.551. The number of amides is 1. The smallest absolute Gasteiger partial charge is 0.410 e. The molecule has 2 unspecified atom stereocenters. The summed E-state index contributed by atoms with van der Waals surface area (Å²) >= 11 is 0. The lowest BCUT2D eigenvalue weighted by Gasteiger charge is -2.24. The van der Waals surface area contributed by atoms with Crippen LogP contribution in [-0.2, 0) is 4.74 Å². The summed E-state index contributed by atoms with van der Waals surface area (Å²) in [5.74, 6) is 0.0875. The van der Waals surface area contributed by atoms with Crippen molar-refractivity contribution >= 4 is 11.8 Å². The molecule has 0 fully saturated rings. The van der Waals surface area contributed by atoms with Gasteiger partial charge < -0.3 is 14.6 Å². The molecule has 1 aromatic rings. The molecule has 0 saturated heterocycles. The van der Waals surface area contributed by atoms with Gasteiger partial charge in [0.2, 0.25) is 0 Å². The zero-order chi connectivity index (χ0) is 19.2. The van der Waals surface area contributed by atoms with Gasteiger partial charge >= 0.3 is 6.09 Å². The summed E-state index contributed by atoms with van der Waals surface area (Å²) in [6.45, 7) is 10.5. The zero-order valence-corrected chi connectivity index (χ0v) is 14.8. The number of aliphatic hydroxyl groups excluding tert-OH is 1. The molecule has 0 bridgehead atoms. The highest BCUT2D eigenvalue weighted by molar-refractivity contribution is 5.68. The molecular formula is C17H24N2O6. The summed E-state index contributed by atoms with van der Waals surface area (Å²) in [5, 5.41) is 23.5. The second-order valence-corrected chi connectivity index (χ2v) is 6.32. The van der Waals surface area contributed by atoms with E-state index in [0.29, 0.717) is 12.0 Å². The van der Waals surface area contributed by atoms with E-state index in [1.54, 1.807) is 27.7 Å². The largest absolute Gasteiger partial charge is 0.470 e. The van der Waals surface area contributed by atoms with Gasteiger partial charge in [0.05, 0.1) is 11.0 Å². The number of aliphatic hydroxyl groups is 1. The number of ether oxygens (including phenoxy) is 2. The minimum absolute atomic E-state index is 0.0875. The summed E-state index contributed by atoms with van der Waals surface area (Å²) in [6.07, 6.45) is -0.861. The Balaban J connectivity index is 3.03. The van der Waals surface area contributed by atoms with Crippen LogP contribution in [0.5, 0.6) is 5.75 Å². The maximum absolute atomic E-state index is 11.9. The normalized spacial score (nSPS) is 13.5. The summed E-state index contributed by atoms with van der Waals surface area (Å²) in [4.78, 5) is 22.3. The van der Waals surface area contributed by atoms with E-state index in [1.165, 1.54) is 24.3 Å². The number of nitrogens with zero attached hydrogens (tertiary/aromatic N) is 1. The molecule has 8 nitrogen and oxygen atoms in total. The van der Waals surface area contributed by atoms with Crippen LogP contribution in [0.15, 0.2) is 30.9 Å². The number of carbonyl (C=O) groups excluding carboxylic acids is 1. The van der Waals surface area contributed by atoms with Crippen LogP contribution in [0.4, 0.5) is 10.5 Å². The molecular weight excluding hydrogens is 328 g/mol. The zero-order valence-electron chi connectivity index (χ0n) is 14.8. The molecule has 0 aliphatic heterocycles. The number of carbonyl (C=O) groups is 1. The van der Waals surface area contributed by atoms with Crippen LogP contribution in [0.3, 0.4) is 0 Å². The molecule has 25 heavy (non-hydrogen) atoms. The van der Waals surface area contributed by atoms with Crippen molar-refractivity contribution in [3.8, 4) is 5.75 Å². The van der Waals surface area contributed by atoms with Crippen molar-refractivity contribution in [2.45, 2.75) is 52.0 Å². The van der Waals surface area contributed by atoms with E-state index in [4.69, 9.17) is 9.47 Å². The van der Waals surface area contributed by atoms with Crippen molar-refractivity contribution < 1.29 is 24.3 Å². The third-order valence-electron chi connectivity index (χ3n) is 3.07. The Morgan fingerprint density at radius 1 is 1.48 bits per heavy atom. The van der Waals surface area contributed by atoms with Crippen LogP contribution in [0, 0.1) is 10.1 Å². The maximum atomic E-state index is 11.9. The first-order valence-electron chi connectivity index (χ1n) is 7.82. The van der Waals surface area contributed by atoms with Crippen molar-refractivity contribution in [2.75, 3.05) is 0 Å². The Morgan fingerprint density at radius 3 is 2.60 bits per heavy atom. The quantitative estimate of drug-likeness (QED) is 0.336. The first kappa shape index (κ1) is 20.4. The fourth-order valence-electron chi connectivity index (χ4n) is 1.92. The van der Waals surface area contributed by atoms with Crippen molar-refractivity contribution in [3.63, 3.8) is 0 Å². The van der Waals surface area contributed by atoms with Crippen molar-refractivity contribution in [2.24, 2.45) is 0 Å². The second-order valence-electron chi connectivity index (χ2n) is 6.32. The summed E-state index contributed by atoms with van der Waals surface area (Å²) in [6, 6.07) is 3.85. The third-order valence-corrected chi connectivity index (χ3v) is 3.07. The molecule has 0 heterocycles. The van der Waals surface area contributed by atoms with E-state index in [-0.39, 0.29) is 11.4 Å². The standard InChI is InChI=1S/C17H24N2O6/c1-6-13(20)12-9-8-11(19(22)23)10-14(12)24-15(7-2)18-16(21)25-17(3,4)5/h6,8-10,13,15,20H,1,7H2,2-5H3,(H,18,21). The van der Waals surface area contributed by atoms with E-state index < -0.39 is 28.9 Å². The number of non-ortho nitro benzene ring substituents is 1. The lowest BCUT2D eigenvalue weighted by molar-refractivity contribution is -0.385. The average molecular weight is 352 g/mol. The van der Waals surface area contributed by atoms with Gasteiger partial charge in [-0.25, -0.2) is 4.79 Å². The Hall–Kier alpha value is -2.61. The fourth-order valence-corrected chi connectivity index (χ4v) is 1.92. The lowest BCUT2D eigenvalue weighted by atomic mass is 10.1. The number of hydrogen-bond acceptors (Lipinski definition) is 6. The average Bonchev–Trinajstić information content (AvgIpc) is 2.51. The fraction of sp³-hybridized carbons (Fsp3) is 0.471. The van der Waals surface area contributed by atoms with Gasteiger partial charge in [0.25, 0.3) is 5.69 Å². The van der Waals surface area contributed by atoms with E-state index in [9.17, 15) is 20.0 Å². The molecule has 2 atom stereocenters. The van der Waals surface area contributed by atoms with E-state index in [2.05, 4.69) is 11.9 Å². The molecule has 1 amide bonds. The van der Waals surface area contributed by atoms with E-state index in [0.717, 1.165) is 0 Å². The predicted octanol–water partition coefficient (Wildman–Crippen LogP) is 3.45. The maximum Gasteiger partial charge on any atom is 0.410 e. The minimum atomic E-state index is -1.06. The number of nitrogens with one attached hydrogen (secondary N) is 1. The molecule has 0 aliphatic carbocycles. The van der Waals surface area contributed by atoms with Crippen molar-refractivity contribution in [1.82, 2.24) is 5.32 Å². The lowest BCUT2D eigenvalue weighted by Crippen LogP contribution is -2.42. The Bertz CT molecular complexity index is 639. The predicted molar refractivity (Wildman–Crippen MR) is 92.3 cm³/mol. The molecule has 1 rings (SSSR count). The van der Waals surface area contributed by atoms with Crippen molar-refractivity contribution in [3.05, 3.63) is 46.5 Å². The molecule has 0 aliphatic rings. The molecule has 1 aromatic carbocycles. The van der Waals surface area contributed by atoms with Gasteiger partial charge in [0, 0.05) is 18.1 Å². The monoisotopic (exact) mass is 352 g/mol.